The second kappa shape index (κ2) is 3.82. The number of piperazine rings is 1. The van der Waals surface area contributed by atoms with Gasteiger partial charge in [0, 0.05) is 19.1 Å². The number of hydrogen-bond donors (Lipinski definition) is 0. The maximum absolute atomic E-state index is 2.59. The summed E-state index contributed by atoms with van der Waals surface area (Å²) < 4.78 is 1.22. The van der Waals surface area contributed by atoms with Crippen molar-refractivity contribution in [1.29, 1.82) is 0 Å². The number of rotatable bonds is 1. The number of quaternary nitrogens is 1. The molecule has 1 fully saturated rings. The van der Waals surface area contributed by atoms with Crippen LogP contribution < -0.4 is 0 Å². The molecule has 0 atom stereocenters. The molecule has 1 aliphatic heterocycles. The molecule has 0 spiro atoms. The summed E-state index contributed by atoms with van der Waals surface area (Å²) in [5.41, 5.74) is 0.392. The summed E-state index contributed by atoms with van der Waals surface area (Å²) in [5, 5.41) is 0. The minimum atomic E-state index is 0.392. The Labute approximate surface area is 89.5 Å². The van der Waals surface area contributed by atoms with Crippen LogP contribution in [0.25, 0.3) is 0 Å². The predicted octanol–water partition coefficient (Wildman–Crippen LogP) is 1.96. The van der Waals surface area contributed by atoms with Crippen molar-refractivity contribution in [2.45, 2.75) is 46.2 Å². The Morgan fingerprint density at radius 3 is 1.79 bits per heavy atom. The summed E-state index contributed by atoms with van der Waals surface area (Å²) in [5.74, 6) is 0. The fourth-order valence-electron chi connectivity index (χ4n) is 2.11. The first-order valence-corrected chi connectivity index (χ1v) is 5.85. The summed E-state index contributed by atoms with van der Waals surface area (Å²) in [6.07, 6.45) is 0. The zero-order chi connectivity index (χ0) is 11.0. The highest BCUT2D eigenvalue weighted by molar-refractivity contribution is 4.72. The summed E-state index contributed by atoms with van der Waals surface area (Å²) >= 11 is 0. The van der Waals surface area contributed by atoms with Gasteiger partial charge in [-0.2, -0.15) is 0 Å². The van der Waals surface area contributed by atoms with Gasteiger partial charge < -0.3 is 4.48 Å². The fourth-order valence-corrected chi connectivity index (χ4v) is 2.11. The van der Waals surface area contributed by atoms with E-state index in [9.17, 15) is 0 Å². The Morgan fingerprint density at radius 2 is 1.50 bits per heavy atom. The monoisotopic (exact) mass is 199 g/mol. The molecule has 84 valence electrons. The molecule has 0 N–H and O–H groups in total. The lowest BCUT2D eigenvalue weighted by Crippen LogP contribution is -2.65. The Kier molecular flexibility index (Phi) is 3.27. The van der Waals surface area contributed by atoms with Crippen LogP contribution in [0.5, 0.6) is 0 Å². The maximum atomic E-state index is 2.59. The van der Waals surface area contributed by atoms with Gasteiger partial charge in [-0.1, -0.05) is 0 Å². The molecule has 1 heterocycles. The van der Waals surface area contributed by atoms with E-state index in [4.69, 9.17) is 0 Å². The van der Waals surface area contributed by atoms with Crippen molar-refractivity contribution < 1.29 is 4.48 Å². The lowest BCUT2D eigenvalue weighted by molar-refractivity contribution is -0.957. The van der Waals surface area contributed by atoms with Gasteiger partial charge in [-0.15, -0.1) is 0 Å². The summed E-state index contributed by atoms with van der Waals surface area (Å²) in [6, 6.07) is 0.712. The molecule has 0 aromatic heterocycles. The largest absolute Gasteiger partial charge is 0.320 e. The van der Waals surface area contributed by atoms with Crippen molar-refractivity contribution in [3.8, 4) is 0 Å². The lowest BCUT2D eigenvalue weighted by atomic mass is 10.0. The third kappa shape index (κ3) is 2.29. The highest BCUT2D eigenvalue weighted by Gasteiger charge is 2.39. The second-order valence-corrected chi connectivity index (χ2v) is 6.14. The van der Waals surface area contributed by atoms with E-state index >= 15 is 0 Å². The third-order valence-corrected chi connectivity index (χ3v) is 4.11. The topological polar surface area (TPSA) is 3.24 Å². The van der Waals surface area contributed by atoms with E-state index < -0.39 is 0 Å². The minimum Gasteiger partial charge on any atom is -0.320 e. The average Bonchev–Trinajstić information content (AvgIpc) is 2.03. The Balaban J connectivity index is 2.58. The first-order chi connectivity index (χ1) is 6.26. The Hall–Kier alpha value is -0.0800. The van der Waals surface area contributed by atoms with Crippen molar-refractivity contribution in [1.82, 2.24) is 4.90 Å². The minimum absolute atomic E-state index is 0.392. The summed E-state index contributed by atoms with van der Waals surface area (Å²) in [7, 11) is 2.40. The van der Waals surface area contributed by atoms with Crippen LogP contribution in [0.2, 0.25) is 0 Å². The standard InChI is InChI=1S/C12H27N2/c1-11(2)13-7-9-14(6,10-8-13)12(3,4)5/h11H,7-10H2,1-6H3/q+1. The smallest absolute Gasteiger partial charge is 0.0918 e. The normalized spacial score (nSPS) is 24.2. The molecule has 1 rings (SSSR count). The van der Waals surface area contributed by atoms with Crippen LogP contribution >= 0.6 is 0 Å². The molecule has 0 saturated carbocycles. The van der Waals surface area contributed by atoms with Gasteiger partial charge in [0.05, 0.1) is 25.7 Å². The van der Waals surface area contributed by atoms with Gasteiger partial charge in [0.1, 0.15) is 0 Å². The van der Waals surface area contributed by atoms with Crippen molar-refractivity contribution in [3.05, 3.63) is 0 Å². The van der Waals surface area contributed by atoms with Gasteiger partial charge >= 0.3 is 0 Å². The first-order valence-electron chi connectivity index (χ1n) is 5.85. The van der Waals surface area contributed by atoms with Crippen LogP contribution in [-0.4, -0.2) is 54.2 Å². The molecular formula is C12H27N2+. The SMILES string of the molecule is CC(C)N1CC[N+](C)(C(C)(C)C)CC1. The zero-order valence-corrected chi connectivity index (χ0v) is 10.8. The van der Waals surface area contributed by atoms with Crippen molar-refractivity contribution >= 4 is 0 Å². The van der Waals surface area contributed by atoms with Crippen molar-refractivity contribution in [2.75, 3.05) is 33.2 Å². The quantitative estimate of drug-likeness (QED) is 0.584. The molecule has 0 amide bonds. The summed E-state index contributed by atoms with van der Waals surface area (Å²) in [4.78, 5) is 2.59. The van der Waals surface area contributed by atoms with Crippen LogP contribution in [-0.2, 0) is 0 Å². The van der Waals surface area contributed by atoms with E-state index in [2.05, 4.69) is 46.6 Å². The van der Waals surface area contributed by atoms with E-state index in [-0.39, 0.29) is 0 Å². The van der Waals surface area contributed by atoms with Gasteiger partial charge in [0.2, 0.25) is 0 Å². The molecule has 2 nitrogen and oxygen atoms in total. The molecule has 1 saturated heterocycles. The van der Waals surface area contributed by atoms with Gasteiger partial charge in [0.15, 0.2) is 0 Å². The van der Waals surface area contributed by atoms with Crippen LogP contribution in [0.4, 0.5) is 0 Å². The Morgan fingerprint density at radius 1 is 1.07 bits per heavy atom. The van der Waals surface area contributed by atoms with E-state index in [0.717, 1.165) is 0 Å². The molecule has 0 radical (unpaired) electrons. The van der Waals surface area contributed by atoms with Gasteiger partial charge in [-0.25, -0.2) is 0 Å². The molecule has 1 aliphatic rings. The van der Waals surface area contributed by atoms with Gasteiger partial charge in [0.25, 0.3) is 0 Å². The highest BCUT2D eigenvalue weighted by atomic mass is 15.4. The number of hydrogen-bond acceptors (Lipinski definition) is 1. The van der Waals surface area contributed by atoms with E-state index in [1.807, 2.05) is 0 Å². The van der Waals surface area contributed by atoms with E-state index in [0.29, 0.717) is 11.6 Å². The maximum Gasteiger partial charge on any atom is 0.0918 e. The molecule has 0 bridgehead atoms. The number of likely N-dealkylation sites (N-methyl/N-ethyl adjacent to an activating group) is 1. The van der Waals surface area contributed by atoms with Crippen LogP contribution in [0, 0.1) is 0 Å². The lowest BCUT2D eigenvalue weighted by Gasteiger charge is -2.51. The van der Waals surface area contributed by atoms with Crippen LogP contribution in [0.1, 0.15) is 34.6 Å². The van der Waals surface area contributed by atoms with E-state index in [1.54, 1.807) is 0 Å². The fraction of sp³-hybridized carbons (Fsp3) is 1.00. The molecule has 2 heteroatoms. The molecule has 0 aromatic rings. The molecular weight excluding hydrogens is 172 g/mol. The molecule has 0 unspecified atom stereocenters. The molecule has 14 heavy (non-hydrogen) atoms. The Bertz CT molecular complexity index is 183. The second-order valence-electron chi connectivity index (χ2n) is 6.14. The van der Waals surface area contributed by atoms with Gasteiger partial charge in [-0.3, -0.25) is 4.90 Å². The third-order valence-electron chi connectivity index (χ3n) is 4.11. The van der Waals surface area contributed by atoms with E-state index in [1.165, 1.54) is 30.7 Å². The molecule has 0 aliphatic carbocycles. The summed E-state index contributed by atoms with van der Waals surface area (Å²) in [6.45, 7) is 16.8. The zero-order valence-electron chi connectivity index (χ0n) is 10.8. The average molecular weight is 199 g/mol. The van der Waals surface area contributed by atoms with Crippen molar-refractivity contribution in [2.24, 2.45) is 0 Å². The van der Waals surface area contributed by atoms with Crippen LogP contribution in [0.15, 0.2) is 0 Å². The van der Waals surface area contributed by atoms with Gasteiger partial charge in [-0.05, 0) is 34.6 Å². The predicted molar refractivity (Wildman–Crippen MR) is 62.4 cm³/mol. The van der Waals surface area contributed by atoms with Crippen LogP contribution in [0.3, 0.4) is 0 Å². The highest BCUT2D eigenvalue weighted by Crippen LogP contribution is 2.24. The first kappa shape index (κ1) is 12.0. The van der Waals surface area contributed by atoms with Crippen molar-refractivity contribution in [3.63, 3.8) is 0 Å². The molecule has 0 aromatic carbocycles. The number of nitrogens with zero attached hydrogens (tertiary/aromatic N) is 2.